The van der Waals surface area contributed by atoms with Crippen LogP contribution >= 0.6 is 11.8 Å². The summed E-state index contributed by atoms with van der Waals surface area (Å²) in [6, 6.07) is 5.91. The van der Waals surface area contributed by atoms with Gasteiger partial charge in [-0.3, -0.25) is 4.79 Å². The highest BCUT2D eigenvalue weighted by Crippen LogP contribution is 2.27. The number of hydrogen-bond acceptors (Lipinski definition) is 3. The molecule has 1 aromatic carbocycles. The lowest BCUT2D eigenvalue weighted by atomic mass is 10.0. The van der Waals surface area contributed by atoms with Crippen LogP contribution in [0.15, 0.2) is 18.2 Å². The van der Waals surface area contributed by atoms with Gasteiger partial charge in [0, 0.05) is 17.5 Å². The van der Waals surface area contributed by atoms with Gasteiger partial charge in [0.2, 0.25) is 0 Å². The van der Waals surface area contributed by atoms with Crippen molar-refractivity contribution in [1.82, 2.24) is 5.32 Å². The molecule has 0 heterocycles. The summed E-state index contributed by atoms with van der Waals surface area (Å²) in [5.41, 5.74) is 2.28. The third-order valence-electron chi connectivity index (χ3n) is 4.24. The van der Waals surface area contributed by atoms with E-state index in [-0.39, 0.29) is 12.5 Å². The van der Waals surface area contributed by atoms with E-state index in [1.165, 1.54) is 37.7 Å². The molecular weight excluding hydrogens is 294 g/mol. The lowest BCUT2D eigenvalue weighted by molar-refractivity contribution is -0.122. The molecule has 4 heteroatoms. The van der Waals surface area contributed by atoms with Crippen molar-refractivity contribution in [3.63, 3.8) is 0 Å². The number of rotatable bonds is 7. The molecule has 2 rings (SSSR count). The molecule has 122 valence electrons. The first-order valence-corrected chi connectivity index (χ1v) is 9.29. The predicted molar refractivity (Wildman–Crippen MR) is 93.8 cm³/mol. The summed E-state index contributed by atoms with van der Waals surface area (Å²) in [5, 5.41) is 3.74. The quantitative estimate of drug-likeness (QED) is 0.775. The molecule has 0 saturated heterocycles. The van der Waals surface area contributed by atoms with Crippen LogP contribution in [0.5, 0.6) is 5.75 Å². The maximum absolute atomic E-state index is 11.8. The summed E-state index contributed by atoms with van der Waals surface area (Å²) < 4.78 is 5.61. The first kappa shape index (κ1) is 17.2. The lowest BCUT2D eigenvalue weighted by Crippen LogP contribution is -2.31. The van der Waals surface area contributed by atoms with Gasteiger partial charge >= 0.3 is 0 Å². The molecule has 22 heavy (non-hydrogen) atoms. The second kappa shape index (κ2) is 9.09. The topological polar surface area (TPSA) is 38.3 Å². The number of thioether (sulfide) groups is 1. The van der Waals surface area contributed by atoms with Crippen LogP contribution < -0.4 is 10.1 Å². The number of ether oxygens (including phenoxy) is 1. The van der Waals surface area contributed by atoms with Gasteiger partial charge in [0.25, 0.3) is 5.91 Å². The fourth-order valence-electron chi connectivity index (χ4n) is 2.72. The molecule has 1 aromatic rings. The number of benzene rings is 1. The van der Waals surface area contributed by atoms with Crippen molar-refractivity contribution in [2.75, 3.05) is 18.9 Å². The molecule has 1 aliphatic carbocycles. The van der Waals surface area contributed by atoms with Crippen LogP contribution in [0, 0.1) is 13.8 Å². The van der Waals surface area contributed by atoms with E-state index < -0.39 is 0 Å². The Balaban J connectivity index is 1.60. The van der Waals surface area contributed by atoms with Gasteiger partial charge in [-0.1, -0.05) is 31.4 Å². The first-order chi connectivity index (χ1) is 10.7. The summed E-state index contributed by atoms with van der Waals surface area (Å²) in [6.45, 7) is 4.89. The number of aryl methyl sites for hydroxylation is 1. The van der Waals surface area contributed by atoms with E-state index in [4.69, 9.17) is 4.74 Å². The minimum atomic E-state index is -0.0369. The fourth-order valence-corrected chi connectivity index (χ4v) is 3.94. The lowest BCUT2D eigenvalue weighted by Gasteiger charge is -2.20. The normalized spacial score (nSPS) is 15.5. The minimum Gasteiger partial charge on any atom is -0.483 e. The molecule has 1 amide bonds. The van der Waals surface area contributed by atoms with Crippen LogP contribution in [0.1, 0.15) is 43.2 Å². The molecule has 0 radical (unpaired) electrons. The molecule has 0 spiro atoms. The smallest absolute Gasteiger partial charge is 0.257 e. The van der Waals surface area contributed by atoms with Crippen LogP contribution in [-0.2, 0) is 4.79 Å². The molecular formula is C18H27NO2S. The average molecular weight is 321 g/mol. The summed E-state index contributed by atoms with van der Waals surface area (Å²) in [5.74, 6) is 1.76. The highest BCUT2D eigenvalue weighted by Gasteiger charge is 2.13. The van der Waals surface area contributed by atoms with Crippen molar-refractivity contribution < 1.29 is 9.53 Å². The summed E-state index contributed by atoms with van der Waals surface area (Å²) >= 11 is 2.00. The molecule has 0 unspecified atom stereocenters. The van der Waals surface area contributed by atoms with Crippen LogP contribution in [0.2, 0.25) is 0 Å². The van der Waals surface area contributed by atoms with Crippen molar-refractivity contribution in [2.45, 2.75) is 51.2 Å². The molecule has 3 nitrogen and oxygen atoms in total. The summed E-state index contributed by atoms with van der Waals surface area (Å²) in [7, 11) is 0. The van der Waals surface area contributed by atoms with Crippen molar-refractivity contribution in [3.8, 4) is 5.75 Å². The Labute approximate surface area is 138 Å². The first-order valence-electron chi connectivity index (χ1n) is 8.24. The molecule has 0 aromatic heterocycles. The zero-order valence-corrected chi connectivity index (χ0v) is 14.5. The second-order valence-electron chi connectivity index (χ2n) is 5.97. The zero-order valence-electron chi connectivity index (χ0n) is 13.7. The monoisotopic (exact) mass is 321 g/mol. The van der Waals surface area contributed by atoms with Gasteiger partial charge in [0.05, 0.1) is 0 Å². The third-order valence-corrected chi connectivity index (χ3v) is 5.63. The highest BCUT2D eigenvalue weighted by molar-refractivity contribution is 7.99. The number of hydrogen-bond donors (Lipinski definition) is 1. The maximum Gasteiger partial charge on any atom is 0.257 e. The molecule has 0 aliphatic heterocycles. The molecule has 1 N–H and O–H groups in total. The van der Waals surface area contributed by atoms with E-state index in [9.17, 15) is 4.79 Å². The van der Waals surface area contributed by atoms with Gasteiger partial charge in [0.1, 0.15) is 5.75 Å². The summed E-state index contributed by atoms with van der Waals surface area (Å²) in [6.07, 6.45) is 6.81. The standard InChI is InChI=1S/C18H27NO2S/c1-14-7-6-10-17(15(14)2)21-13-18(20)19-11-12-22-16-8-4-3-5-9-16/h6-7,10,16H,3-5,8-9,11-13H2,1-2H3,(H,19,20). The Morgan fingerprint density at radius 1 is 1.27 bits per heavy atom. The SMILES string of the molecule is Cc1cccc(OCC(=O)NCCSC2CCCCC2)c1C. The molecule has 0 bridgehead atoms. The Morgan fingerprint density at radius 2 is 2.05 bits per heavy atom. The van der Waals surface area contributed by atoms with Crippen molar-refractivity contribution in [1.29, 1.82) is 0 Å². The minimum absolute atomic E-state index is 0.0369. The van der Waals surface area contributed by atoms with Gasteiger partial charge in [-0.15, -0.1) is 0 Å². The van der Waals surface area contributed by atoms with E-state index in [0.29, 0.717) is 0 Å². The van der Waals surface area contributed by atoms with E-state index in [1.54, 1.807) is 0 Å². The molecule has 1 saturated carbocycles. The van der Waals surface area contributed by atoms with E-state index in [2.05, 4.69) is 5.32 Å². The number of nitrogens with one attached hydrogen (secondary N) is 1. The zero-order chi connectivity index (χ0) is 15.8. The van der Waals surface area contributed by atoms with Gasteiger partial charge in [-0.25, -0.2) is 0 Å². The van der Waals surface area contributed by atoms with Gasteiger partial charge in [-0.05, 0) is 43.9 Å². The summed E-state index contributed by atoms with van der Waals surface area (Å²) in [4.78, 5) is 11.8. The van der Waals surface area contributed by atoms with Crippen molar-refractivity contribution >= 4 is 17.7 Å². The largest absolute Gasteiger partial charge is 0.483 e. The van der Waals surface area contributed by atoms with Crippen molar-refractivity contribution in [2.24, 2.45) is 0 Å². The number of carbonyl (C=O) groups is 1. The predicted octanol–water partition coefficient (Wildman–Crippen LogP) is 3.86. The van der Waals surface area contributed by atoms with Crippen molar-refractivity contribution in [3.05, 3.63) is 29.3 Å². The fraction of sp³-hybridized carbons (Fsp3) is 0.611. The molecule has 1 fully saturated rings. The number of carbonyl (C=O) groups excluding carboxylic acids is 1. The van der Waals surface area contributed by atoms with Gasteiger partial charge < -0.3 is 10.1 Å². The van der Waals surface area contributed by atoms with Crippen LogP contribution in [0.3, 0.4) is 0 Å². The van der Waals surface area contributed by atoms with Crippen LogP contribution in [0.25, 0.3) is 0 Å². The Hall–Kier alpha value is -1.16. The van der Waals surface area contributed by atoms with E-state index in [1.807, 2.05) is 43.8 Å². The Kier molecular flexibility index (Phi) is 7.10. The third kappa shape index (κ3) is 5.56. The van der Waals surface area contributed by atoms with Crippen LogP contribution in [0.4, 0.5) is 0 Å². The Bertz CT molecular complexity index is 484. The Morgan fingerprint density at radius 3 is 2.82 bits per heavy atom. The van der Waals surface area contributed by atoms with E-state index >= 15 is 0 Å². The number of amides is 1. The maximum atomic E-state index is 11.8. The van der Waals surface area contributed by atoms with Crippen LogP contribution in [-0.4, -0.2) is 30.1 Å². The highest BCUT2D eigenvalue weighted by atomic mass is 32.2. The van der Waals surface area contributed by atoms with Gasteiger partial charge in [0.15, 0.2) is 6.61 Å². The van der Waals surface area contributed by atoms with Gasteiger partial charge in [-0.2, -0.15) is 11.8 Å². The van der Waals surface area contributed by atoms with E-state index in [0.717, 1.165) is 28.9 Å². The molecule has 1 aliphatic rings. The second-order valence-corrected chi connectivity index (χ2v) is 7.38. The molecule has 0 atom stereocenters. The average Bonchev–Trinajstić information content (AvgIpc) is 2.54.